The summed E-state index contributed by atoms with van der Waals surface area (Å²) in [5.41, 5.74) is 1.96. The molecule has 6 nitrogen and oxygen atoms in total. The summed E-state index contributed by atoms with van der Waals surface area (Å²) >= 11 is 0. The second-order valence-corrected chi connectivity index (χ2v) is 4.39. The van der Waals surface area contributed by atoms with Crippen LogP contribution in [0.2, 0.25) is 0 Å². The normalized spacial score (nSPS) is 15.9. The summed E-state index contributed by atoms with van der Waals surface area (Å²) in [6.07, 6.45) is 1.77. The SMILES string of the molecule is Cc1cccnc1-c1nc(N2CCNCC2)n[nH]1. The molecule has 2 N–H and O–H groups in total. The van der Waals surface area contributed by atoms with E-state index < -0.39 is 0 Å². The van der Waals surface area contributed by atoms with Crippen LogP contribution in [0.4, 0.5) is 5.95 Å². The van der Waals surface area contributed by atoms with E-state index in [9.17, 15) is 0 Å². The average molecular weight is 244 g/mol. The van der Waals surface area contributed by atoms with E-state index in [1.165, 1.54) is 0 Å². The van der Waals surface area contributed by atoms with Crippen molar-refractivity contribution in [2.75, 3.05) is 31.1 Å². The lowest BCUT2D eigenvalue weighted by Gasteiger charge is -2.25. The number of piperazine rings is 1. The Balaban J connectivity index is 1.87. The average Bonchev–Trinajstić information content (AvgIpc) is 2.90. The Morgan fingerprint density at radius 2 is 2.11 bits per heavy atom. The molecule has 0 aliphatic carbocycles. The van der Waals surface area contributed by atoms with E-state index in [1.807, 2.05) is 19.1 Å². The van der Waals surface area contributed by atoms with Gasteiger partial charge in [-0.2, -0.15) is 4.98 Å². The van der Waals surface area contributed by atoms with Crippen LogP contribution in [-0.4, -0.2) is 46.3 Å². The van der Waals surface area contributed by atoms with Crippen molar-refractivity contribution in [1.82, 2.24) is 25.5 Å². The molecule has 18 heavy (non-hydrogen) atoms. The molecule has 1 aliphatic heterocycles. The Labute approximate surface area is 105 Å². The predicted octanol–water partition coefficient (Wildman–Crippen LogP) is 0.585. The number of rotatable bonds is 2. The summed E-state index contributed by atoms with van der Waals surface area (Å²) in [4.78, 5) is 11.1. The summed E-state index contributed by atoms with van der Waals surface area (Å²) < 4.78 is 0. The zero-order chi connectivity index (χ0) is 12.4. The Hall–Kier alpha value is -1.95. The molecular formula is C12H16N6. The van der Waals surface area contributed by atoms with E-state index in [0.717, 1.165) is 49.2 Å². The van der Waals surface area contributed by atoms with Gasteiger partial charge in [0, 0.05) is 32.4 Å². The first-order chi connectivity index (χ1) is 8.84. The van der Waals surface area contributed by atoms with Gasteiger partial charge in [-0.05, 0) is 18.6 Å². The highest BCUT2D eigenvalue weighted by Gasteiger charge is 2.16. The number of H-pyrrole nitrogens is 1. The number of nitrogens with zero attached hydrogens (tertiary/aromatic N) is 4. The smallest absolute Gasteiger partial charge is 0.245 e. The standard InChI is InChI=1S/C12H16N6/c1-9-3-2-4-14-10(9)11-15-12(17-16-11)18-7-5-13-6-8-18/h2-4,13H,5-8H2,1H3,(H,15,16,17). The maximum Gasteiger partial charge on any atom is 0.245 e. The molecule has 0 unspecified atom stereocenters. The minimum Gasteiger partial charge on any atom is -0.337 e. The Bertz CT molecular complexity index is 529. The molecule has 0 atom stereocenters. The van der Waals surface area contributed by atoms with Gasteiger partial charge < -0.3 is 10.2 Å². The van der Waals surface area contributed by atoms with Gasteiger partial charge in [0.1, 0.15) is 5.69 Å². The van der Waals surface area contributed by atoms with Gasteiger partial charge in [-0.3, -0.25) is 10.1 Å². The van der Waals surface area contributed by atoms with Gasteiger partial charge in [-0.15, -0.1) is 5.10 Å². The Kier molecular flexibility index (Phi) is 2.93. The number of hydrogen-bond donors (Lipinski definition) is 2. The van der Waals surface area contributed by atoms with Crippen LogP contribution in [0.1, 0.15) is 5.56 Å². The molecule has 2 aromatic rings. The van der Waals surface area contributed by atoms with Gasteiger partial charge in [0.25, 0.3) is 0 Å². The topological polar surface area (TPSA) is 69.7 Å². The van der Waals surface area contributed by atoms with Gasteiger partial charge >= 0.3 is 0 Å². The lowest BCUT2D eigenvalue weighted by molar-refractivity contribution is 0.580. The van der Waals surface area contributed by atoms with Crippen LogP contribution in [0.15, 0.2) is 18.3 Å². The van der Waals surface area contributed by atoms with Crippen LogP contribution in [0.3, 0.4) is 0 Å². The molecule has 3 heterocycles. The fourth-order valence-electron chi connectivity index (χ4n) is 2.10. The minimum atomic E-state index is 0.738. The van der Waals surface area contributed by atoms with Crippen molar-refractivity contribution in [3.63, 3.8) is 0 Å². The van der Waals surface area contributed by atoms with Gasteiger partial charge in [0.15, 0.2) is 5.82 Å². The third-order valence-electron chi connectivity index (χ3n) is 3.11. The predicted molar refractivity (Wildman–Crippen MR) is 69.4 cm³/mol. The first kappa shape index (κ1) is 11.2. The molecule has 2 aromatic heterocycles. The Morgan fingerprint density at radius 1 is 1.28 bits per heavy atom. The number of aromatic nitrogens is 4. The van der Waals surface area contributed by atoms with Crippen molar-refractivity contribution in [1.29, 1.82) is 0 Å². The second-order valence-electron chi connectivity index (χ2n) is 4.39. The molecule has 0 aromatic carbocycles. The zero-order valence-electron chi connectivity index (χ0n) is 10.3. The fourth-order valence-corrected chi connectivity index (χ4v) is 2.10. The Morgan fingerprint density at radius 3 is 2.89 bits per heavy atom. The minimum absolute atomic E-state index is 0.738. The highest BCUT2D eigenvalue weighted by Crippen LogP contribution is 2.18. The summed E-state index contributed by atoms with van der Waals surface area (Å²) in [6.45, 7) is 5.87. The van der Waals surface area contributed by atoms with Gasteiger partial charge in [0.2, 0.25) is 5.95 Å². The van der Waals surface area contributed by atoms with E-state index in [1.54, 1.807) is 6.20 Å². The maximum absolute atomic E-state index is 4.53. The molecule has 0 saturated carbocycles. The summed E-state index contributed by atoms with van der Waals surface area (Å²) in [5.74, 6) is 1.50. The van der Waals surface area contributed by atoms with Gasteiger partial charge in [-0.1, -0.05) is 6.07 Å². The largest absolute Gasteiger partial charge is 0.337 e. The van der Waals surface area contributed by atoms with E-state index in [2.05, 4.69) is 30.4 Å². The molecule has 6 heteroatoms. The number of anilines is 1. The zero-order valence-corrected chi connectivity index (χ0v) is 10.3. The molecule has 3 rings (SSSR count). The van der Waals surface area contributed by atoms with Gasteiger partial charge in [0.05, 0.1) is 0 Å². The molecule has 1 saturated heterocycles. The number of nitrogens with one attached hydrogen (secondary N) is 2. The molecule has 0 bridgehead atoms. The monoisotopic (exact) mass is 244 g/mol. The van der Waals surface area contributed by atoms with Crippen molar-refractivity contribution in [3.8, 4) is 11.5 Å². The second kappa shape index (κ2) is 4.73. The molecular weight excluding hydrogens is 228 g/mol. The summed E-state index contributed by atoms with van der Waals surface area (Å²) in [6, 6.07) is 3.95. The molecule has 1 fully saturated rings. The first-order valence-electron chi connectivity index (χ1n) is 6.14. The van der Waals surface area contributed by atoms with E-state index in [0.29, 0.717) is 0 Å². The van der Waals surface area contributed by atoms with Crippen molar-refractivity contribution in [2.24, 2.45) is 0 Å². The summed E-state index contributed by atoms with van der Waals surface area (Å²) in [7, 11) is 0. The number of aromatic amines is 1. The highest BCUT2D eigenvalue weighted by atomic mass is 15.4. The van der Waals surface area contributed by atoms with Crippen LogP contribution in [0.5, 0.6) is 0 Å². The number of hydrogen-bond acceptors (Lipinski definition) is 5. The quantitative estimate of drug-likeness (QED) is 0.809. The number of aryl methyl sites for hydroxylation is 1. The molecule has 1 aliphatic rings. The highest BCUT2D eigenvalue weighted by molar-refractivity contribution is 5.55. The fraction of sp³-hybridized carbons (Fsp3) is 0.417. The third kappa shape index (κ3) is 2.06. The van der Waals surface area contributed by atoms with E-state index in [-0.39, 0.29) is 0 Å². The van der Waals surface area contributed by atoms with Crippen LogP contribution in [-0.2, 0) is 0 Å². The summed E-state index contributed by atoms with van der Waals surface area (Å²) in [5, 5.41) is 10.6. The van der Waals surface area contributed by atoms with Crippen LogP contribution >= 0.6 is 0 Å². The molecule has 94 valence electrons. The number of pyridine rings is 1. The van der Waals surface area contributed by atoms with E-state index in [4.69, 9.17) is 0 Å². The van der Waals surface area contributed by atoms with Crippen molar-refractivity contribution >= 4 is 5.95 Å². The maximum atomic E-state index is 4.53. The van der Waals surface area contributed by atoms with Crippen molar-refractivity contribution in [3.05, 3.63) is 23.9 Å². The van der Waals surface area contributed by atoms with Crippen molar-refractivity contribution in [2.45, 2.75) is 6.92 Å². The van der Waals surface area contributed by atoms with Crippen molar-refractivity contribution < 1.29 is 0 Å². The van der Waals surface area contributed by atoms with Crippen LogP contribution in [0.25, 0.3) is 11.5 Å². The lowest BCUT2D eigenvalue weighted by Crippen LogP contribution is -2.44. The van der Waals surface area contributed by atoms with Gasteiger partial charge in [-0.25, -0.2) is 0 Å². The lowest BCUT2D eigenvalue weighted by atomic mass is 10.2. The molecule has 0 spiro atoms. The van der Waals surface area contributed by atoms with Crippen LogP contribution < -0.4 is 10.2 Å². The van der Waals surface area contributed by atoms with Crippen LogP contribution in [0, 0.1) is 6.92 Å². The molecule has 0 radical (unpaired) electrons. The first-order valence-corrected chi connectivity index (χ1v) is 6.14. The molecule has 0 amide bonds. The third-order valence-corrected chi connectivity index (χ3v) is 3.11. The van der Waals surface area contributed by atoms with E-state index >= 15 is 0 Å².